The van der Waals surface area contributed by atoms with Crippen LogP contribution in [0.2, 0.25) is 0 Å². The van der Waals surface area contributed by atoms with Gasteiger partial charge in [-0.05, 0) is 13.0 Å². The zero-order valence-corrected chi connectivity index (χ0v) is 17.0. The van der Waals surface area contributed by atoms with Gasteiger partial charge in [-0.15, -0.1) is 0 Å². The van der Waals surface area contributed by atoms with Crippen molar-refractivity contribution >= 4 is 22.8 Å². The third-order valence-corrected chi connectivity index (χ3v) is 5.57. The SMILES string of the molecule is CCC(C)C(NC)C(=O)Nc1ncnc2c1c(C#N)cn2[C@@H]1O[C@H](CO)C(O)[C@@H]1O. The first-order valence-electron chi connectivity index (χ1n) is 9.74. The number of aromatic nitrogens is 3. The molecule has 3 rings (SSSR count). The van der Waals surface area contributed by atoms with Crippen LogP contribution in [0, 0.1) is 17.2 Å². The maximum atomic E-state index is 12.8. The van der Waals surface area contributed by atoms with Gasteiger partial charge in [0.25, 0.3) is 0 Å². The number of fused-ring (bicyclic) bond motifs is 1. The highest BCUT2D eigenvalue weighted by Crippen LogP contribution is 2.34. The van der Waals surface area contributed by atoms with E-state index in [1.165, 1.54) is 17.1 Å². The van der Waals surface area contributed by atoms with Crippen molar-refractivity contribution in [3.05, 3.63) is 18.1 Å². The maximum Gasteiger partial charge on any atom is 0.242 e. The molecule has 0 saturated carbocycles. The minimum absolute atomic E-state index is 0.0753. The Hall–Kier alpha value is -2.62. The van der Waals surface area contributed by atoms with Crippen LogP contribution in [0.1, 0.15) is 32.1 Å². The van der Waals surface area contributed by atoms with Gasteiger partial charge in [0.2, 0.25) is 5.91 Å². The smallest absolute Gasteiger partial charge is 0.242 e. The summed E-state index contributed by atoms with van der Waals surface area (Å²) in [5, 5.41) is 45.4. The van der Waals surface area contributed by atoms with E-state index >= 15 is 0 Å². The lowest BCUT2D eigenvalue weighted by molar-refractivity contribution is -0.119. The lowest BCUT2D eigenvalue weighted by Crippen LogP contribution is -2.43. The molecule has 3 heterocycles. The largest absolute Gasteiger partial charge is 0.394 e. The molecule has 1 aliphatic rings. The van der Waals surface area contributed by atoms with Crippen molar-refractivity contribution in [3.63, 3.8) is 0 Å². The van der Waals surface area contributed by atoms with Crippen molar-refractivity contribution in [2.75, 3.05) is 19.0 Å². The lowest BCUT2D eigenvalue weighted by Gasteiger charge is -2.21. The summed E-state index contributed by atoms with van der Waals surface area (Å²) in [5.74, 6) is -0.0571. The number of aliphatic hydroxyl groups is 3. The molecule has 5 N–H and O–H groups in total. The van der Waals surface area contributed by atoms with Gasteiger partial charge in [0, 0.05) is 6.20 Å². The lowest BCUT2D eigenvalue weighted by atomic mass is 9.98. The number of carbonyl (C=O) groups excluding carboxylic acids is 1. The Morgan fingerprint density at radius 2 is 2.13 bits per heavy atom. The van der Waals surface area contributed by atoms with E-state index < -0.39 is 37.2 Å². The van der Waals surface area contributed by atoms with Gasteiger partial charge in [-0.25, -0.2) is 9.97 Å². The van der Waals surface area contributed by atoms with Crippen LogP contribution < -0.4 is 10.6 Å². The predicted octanol–water partition coefficient (Wildman–Crippen LogP) is -0.513. The molecule has 0 aromatic carbocycles. The molecule has 0 aliphatic carbocycles. The second-order valence-corrected chi connectivity index (χ2v) is 7.35. The zero-order valence-electron chi connectivity index (χ0n) is 17.0. The molecule has 162 valence electrons. The topological polar surface area (TPSA) is 166 Å². The monoisotopic (exact) mass is 418 g/mol. The van der Waals surface area contributed by atoms with E-state index in [0.29, 0.717) is 5.39 Å². The van der Waals surface area contributed by atoms with Crippen molar-refractivity contribution in [1.29, 1.82) is 5.26 Å². The summed E-state index contributed by atoms with van der Waals surface area (Å²) in [6.45, 7) is 3.46. The summed E-state index contributed by atoms with van der Waals surface area (Å²) < 4.78 is 6.96. The van der Waals surface area contributed by atoms with E-state index in [1.54, 1.807) is 7.05 Å². The average Bonchev–Trinajstić information content (AvgIpc) is 3.26. The van der Waals surface area contributed by atoms with Gasteiger partial charge in [-0.2, -0.15) is 5.26 Å². The molecule has 0 bridgehead atoms. The number of hydrogen-bond donors (Lipinski definition) is 5. The second-order valence-electron chi connectivity index (χ2n) is 7.35. The van der Waals surface area contributed by atoms with Crippen molar-refractivity contribution in [2.24, 2.45) is 5.92 Å². The number of likely N-dealkylation sites (N-methyl/N-ethyl adjacent to an activating group) is 1. The van der Waals surface area contributed by atoms with Crippen molar-refractivity contribution in [3.8, 4) is 6.07 Å². The number of carbonyl (C=O) groups is 1. The third kappa shape index (κ3) is 3.76. The Morgan fingerprint density at radius 3 is 2.70 bits per heavy atom. The van der Waals surface area contributed by atoms with Gasteiger partial charge in [-0.3, -0.25) is 4.79 Å². The molecule has 3 unspecified atom stereocenters. The van der Waals surface area contributed by atoms with E-state index in [-0.39, 0.29) is 28.9 Å². The fourth-order valence-corrected chi connectivity index (χ4v) is 3.67. The molecule has 6 atom stereocenters. The molecule has 1 aliphatic heterocycles. The molecule has 1 fully saturated rings. The molecule has 1 amide bonds. The van der Waals surface area contributed by atoms with E-state index in [1.807, 2.05) is 19.9 Å². The highest BCUT2D eigenvalue weighted by atomic mass is 16.6. The highest BCUT2D eigenvalue weighted by molar-refractivity contribution is 6.03. The molecular formula is C19H26N6O5. The van der Waals surface area contributed by atoms with Gasteiger partial charge in [0.05, 0.1) is 23.6 Å². The number of nitrogens with zero attached hydrogens (tertiary/aromatic N) is 4. The van der Waals surface area contributed by atoms with Crippen LogP contribution >= 0.6 is 0 Å². The first-order valence-corrected chi connectivity index (χ1v) is 9.74. The molecule has 11 nitrogen and oxygen atoms in total. The van der Waals surface area contributed by atoms with Crippen molar-refractivity contribution in [2.45, 2.75) is 50.8 Å². The maximum absolute atomic E-state index is 12.8. The number of aliphatic hydroxyl groups excluding tert-OH is 3. The van der Waals surface area contributed by atoms with E-state index in [2.05, 4.69) is 20.6 Å². The number of amides is 1. The van der Waals surface area contributed by atoms with Crippen molar-refractivity contribution < 1.29 is 24.9 Å². The van der Waals surface area contributed by atoms with Crippen molar-refractivity contribution in [1.82, 2.24) is 19.9 Å². The number of hydrogen-bond acceptors (Lipinski definition) is 9. The van der Waals surface area contributed by atoms with Crippen LogP contribution in [0.5, 0.6) is 0 Å². The van der Waals surface area contributed by atoms with Crippen LogP contribution in [0.15, 0.2) is 12.5 Å². The molecule has 0 radical (unpaired) electrons. The zero-order chi connectivity index (χ0) is 22.0. The van der Waals surface area contributed by atoms with Gasteiger partial charge in [-0.1, -0.05) is 20.3 Å². The Morgan fingerprint density at radius 1 is 1.40 bits per heavy atom. The number of anilines is 1. The molecule has 2 aromatic heterocycles. The van der Waals surface area contributed by atoms with Crippen LogP contribution in [-0.2, 0) is 9.53 Å². The minimum Gasteiger partial charge on any atom is -0.394 e. The summed E-state index contributed by atoms with van der Waals surface area (Å²) in [6, 6.07) is 1.59. The quantitative estimate of drug-likeness (QED) is 0.398. The van der Waals surface area contributed by atoms with Gasteiger partial charge in [0.15, 0.2) is 6.23 Å². The van der Waals surface area contributed by atoms with Crippen LogP contribution in [-0.4, -0.2) is 73.8 Å². The Balaban J connectivity index is 2.02. The third-order valence-electron chi connectivity index (χ3n) is 5.57. The second kappa shape index (κ2) is 9.03. The Kier molecular flexibility index (Phi) is 6.64. The summed E-state index contributed by atoms with van der Waals surface area (Å²) in [4.78, 5) is 21.1. The minimum atomic E-state index is -1.34. The average molecular weight is 418 g/mol. The summed E-state index contributed by atoms with van der Waals surface area (Å²) in [5.41, 5.74) is 0.416. The Bertz CT molecular complexity index is 957. The molecule has 1 saturated heterocycles. The van der Waals surface area contributed by atoms with Gasteiger partial charge >= 0.3 is 0 Å². The normalized spacial score (nSPS) is 25.8. The molecule has 0 spiro atoms. The highest BCUT2D eigenvalue weighted by Gasteiger charge is 2.44. The molecule has 11 heteroatoms. The predicted molar refractivity (Wildman–Crippen MR) is 106 cm³/mol. The Labute approximate surface area is 173 Å². The first kappa shape index (κ1) is 22.1. The number of nitriles is 1. The van der Waals surface area contributed by atoms with Crippen LogP contribution in [0.25, 0.3) is 11.0 Å². The fourth-order valence-electron chi connectivity index (χ4n) is 3.67. The fraction of sp³-hybridized carbons (Fsp3) is 0.579. The number of ether oxygens (including phenoxy) is 1. The van der Waals surface area contributed by atoms with E-state index in [4.69, 9.17) is 4.74 Å². The van der Waals surface area contributed by atoms with E-state index in [9.17, 15) is 25.4 Å². The first-order chi connectivity index (χ1) is 14.4. The molecular weight excluding hydrogens is 392 g/mol. The summed E-state index contributed by atoms with van der Waals surface area (Å²) >= 11 is 0. The number of rotatable bonds is 7. The molecule has 30 heavy (non-hydrogen) atoms. The standard InChI is InChI=1S/C19H26N6O5/c1-4-9(2)13(21-3)18(29)24-16-12-10(5-20)6-25(17(12)23-8-22-16)19-15(28)14(27)11(7-26)30-19/h6,8-9,11,13-15,19,21,26-28H,4,7H2,1-3H3,(H,22,23,24,29)/t9?,11-,13?,14?,15+,19-/m1/s1. The van der Waals surface area contributed by atoms with Crippen LogP contribution in [0.3, 0.4) is 0 Å². The summed E-state index contributed by atoms with van der Waals surface area (Å²) in [6.07, 6.45) is -1.23. The summed E-state index contributed by atoms with van der Waals surface area (Å²) in [7, 11) is 1.70. The van der Waals surface area contributed by atoms with Gasteiger partial charge in [0.1, 0.15) is 42.2 Å². The molecule has 2 aromatic rings. The van der Waals surface area contributed by atoms with Gasteiger partial charge < -0.3 is 35.3 Å². The van der Waals surface area contributed by atoms with E-state index in [0.717, 1.165) is 6.42 Å². The number of nitrogens with one attached hydrogen (secondary N) is 2. The van der Waals surface area contributed by atoms with Crippen LogP contribution in [0.4, 0.5) is 5.82 Å².